The highest BCUT2D eigenvalue weighted by molar-refractivity contribution is 5.92. The number of fused-ring (bicyclic) bond motifs is 1. The maximum Gasteiger partial charge on any atom is 0.242 e. The second kappa shape index (κ2) is 8.85. The Morgan fingerprint density at radius 1 is 1.19 bits per heavy atom. The molecule has 7 nitrogen and oxygen atoms in total. The lowest BCUT2D eigenvalue weighted by Crippen LogP contribution is -2.52. The highest BCUT2D eigenvalue weighted by Gasteiger charge is 2.28. The Labute approximate surface area is 180 Å². The van der Waals surface area contributed by atoms with Gasteiger partial charge in [-0.1, -0.05) is 24.3 Å². The van der Waals surface area contributed by atoms with Crippen LogP contribution in [0.15, 0.2) is 42.5 Å². The smallest absolute Gasteiger partial charge is 0.242 e. The number of rotatable bonds is 5. The number of nitrogens with zero attached hydrogens (tertiary/aromatic N) is 1. The molecule has 0 bridgehead atoms. The number of nitrogens with two attached hydrogens (primary N) is 1. The van der Waals surface area contributed by atoms with Crippen LogP contribution in [0.1, 0.15) is 42.6 Å². The van der Waals surface area contributed by atoms with Crippen molar-refractivity contribution in [2.24, 2.45) is 0 Å². The molecule has 1 aliphatic carbocycles. The summed E-state index contributed by atoms with van der Waals surface area (Å²) in [6, 6.07) is 8.48. The number of hydrogen-bond donors (Lipinski definition) is 4. The fraction of sp³-hybridized carbons (Fsp3) is 0.348. The van der Waals surface area contributed by atoms with Crippen LogP contribution in [-0.4, -0.2) is 35.4 Å². The molecule has 2 aromatic rings. The molecule has 8 heteroatoms. The summed E-state index contributed by atoms with van der Waals surface area (Å²) in [5.74, 6) is -0.347. The van der Waals surface area contributed by atoms with Gasteiger partial charge in [0.2, 0.25) is 11.8 Å². The molecule has 1 unspecified atom stereocenters. The summed E-state index contributed by atoms with van der Waals surface area (Å²) < 4.78 is 13.2. The van der Waals surface area contributed by atoms with Gasteiger partial charge in [0.1, 0.15) is 23.7 Å². The first-order valence-electron chi connectivity index (χ1n) is 10.5. The molecule has 1 aromatic carbocycles. The molecule has 4 rings (SSSR count). The lowest BCUT2D eigenvalue weighted by Gasteiger charge is -2.24. The third-order valence-electron chi connectivity index (χ3n) is 5.77. The summed E-state index contributed by atoms with van der Waals surface area (Å²) in [4.78, 5) is 29.7. The lowest BCUT2D eigenvalue weighted by atomic mass is 9.96. The third kappa shape index (κ3) is 4.74. The van der Waals surface area contributed by atoms with E-state index < -0.39 is 12.1 Å². The largest absolute Gasteiger partial charge is 0.384 e. The van der Waals surface area contributed by atoms with E-state index >= 15 is 0 Å². The van der Waals surface area contributed by atoms with E-state index in [1.54, 1.807) is 25.1 Å². The molecule has 1 aromatic heterocycles. The molecule has 31 heavy (non-hydrogen) atoms. The van der Waals surface area contributed by atoms with E-state index in [0.717, 1.165) is 41.7 Å². The Bertz CT molecular complexity index is 1020. The predicted octanol–water partition coefficient (Wildman–Crippen LogP) is 1.86. The average Bonchev–Trinajstić information content (AvgIpc) is 3.15. The second-order valence-electron chi connectivity index (χ2n) is 7.98. The Balaban J connectivity index is 1.36. The monoisotopic (exact) mass is 423 g/mol. The number of carbonyl (C=O) groups is 2. The topological polar surface area (TPSA) is 109 Å². The van der Waals surface area contributed by atoms with Crippen molar-refractivity contribution in [3.63, 3.8) is 0 Å². The van der Waals surface area contributed by atoms with Gasteiger partial charge in [-0.05, 0) is 61.1 Å². The minimum atomic E-state index is -0.690. The Morgan fingerprint density at radius 2 is 1.97 bits per heavy atom. The minimum absolute atomic E-state index is 0.132. The number of nitrogens with one attached hydrogen (secondary N) is 3. The number of nitrogen functional groups attached to an aromatic ring is 1. The number of hydrogen-bond acceptors (Lipinski definition) is 5. The molecule has 2 aliphatic rings. The lowest BCUT2D eigenvalue weighted by molar-refractivity contribution is -0.129. The van der Waals surface area contributed by atoms with Gasteiger partial charge in [-0.2, -0.15) is 0 Å². The molecule has 0 spiro atoms. The van der Waals surface area contributed by atoms with Crippen molar-refractivity contribution in [2.75, 3.05) is 12.3 Å². The summed E-state index contributed by atoms with van der Waals surface area (Å²) in [5.41, 5.74) is 9.48. The van der Waals surface area contributed by atoms with Crippen LogP contribution in [-0.2, 0) is 16.0 Å². The molecule has 2 heterocycles. The first kappa shape index (κ1) is 21.0. The van der Waals surface area contributed by atoms with Crippen LogP contribution in [0.25, 0.3) is 5.57 Å². The van der Waals surface area contributed by atoms with Crippen LogP contribution < -0.4 is 21.7 Å². The van der Waals surface area contributed by atoms with Gasteiger partial charge >= 0.3 is 0 Å². The van der Waals surface area contributed by atoms with Gasteiger partial charge < -0.3 is 21.7 Å². The van der Waals surface area contributed by atoms with Gasteiger partial charge in [-0.3, -0.25) is 9.59 Å². The van der Waals surface area contributed by atoms with Crippen molar-refractivity contribution >= 4 is 23.2 Å². The van der Waals surface area contributed by atoms with Crippen molar-refractivity contribution in [3.8, 4) is 0 Å². The van der Waals surface area contributed by atoms with Gasteiger partial charge in [-0.15, -0.1) is 0 Å². The first-order valence-corrected chi connectivity index (χ1v) is 10.5. The van der Waals surface area contributed by atoms with Crippen LogP contribution in [0.2, 0.25) is 0 Å². The van der Waals surface area contributed by atoms with E-state index in [0.29, 0.717) is 12.4 Å². The van der Waals surface area contributed by atoms with E-state index in [1.165, 1.54) is 12.1 Å². The van der Waals surface area contributed by atoms with E-state index in [1.807, 2.05) is 12.1 Å². The number of anilines is 1. The van der Waals surface area contributed by atoms with Crippen LogP contribution in [0, 0.1) is 5.82 Å². The van der Waals surface area contributed by atoms with Crippen molar-refractivity contribution in [2.45, 2.75) is 44.3 Å². The molecule has 0 radical (unpaired) electrons. The van der Waals surface area contributed by atoms with Crippen molar-refractivity contribution in [1.29, 1.82) is 0 Å². The quantitative estimate of drug-likeness (QED) is 0.587. The summed E-state index contributed by atoms with van der Waals surface area (Å²) >= 11 is 0. The number of benzene rings is 1. The summed E-state index contributed by atoms with van der Waals surface area (Å²) in [7, 11) is 0. The van der Waals surface area contributed by atoms with Crippen molar-refractivity contribution < 1.29 is 14.0 Å². The molecule has 0 saturated carbocycles. The molecule has 3 atom stereocenters. The fourth-order valence-corrected chi connectivity index (χ4v) is 4.08. The van der Waals surface area contributed by atoms with Gasteiger partial charge in [0.15, 0.2) is 0 Å². The highest BCUT2D eigenvalue weighted by atomic mass is 19.1. The maximum atomic E-state index is 13.2. The molecule has 0 fully saturated rings. The molecule has 162 valence electrons. The van der Waals surface area contributed by atoms with Gasteiger partial charge in [0, 0.05) is 12.2 Å². The van der Waals surface area contributed by atoms with E-state index in [2.05, 4.69) is 20.9 Å². The van der Waals surface area contributed by atoms with E-state index in [-0.39, 0.29) is 23.7 Å². The van der Waals surface area contributed by atoms with E-state index in [9.17, 15) is 14.0 Å². The Morgan fingerprint density at radius 3 is 2.74 bits per heavy atom. The predicted molar refractivity (Wildman–Crippen MR) is 116 cm³/mol. The zero-order chi connectivity index (χ0) is 22.0. The number of carbonyl (C=O) groups excluding carboxylic acids is 2. The standard InChI is InChI=1S/C23H26FN5O2/c1-13(22(30)29-19-8-7-18-17(19)6-9-21(25)28-18)27-23(31)20-12-15(10-11-26-20)14-2-4-16(24)5-3-14/h2-6,9,12-13,19-20,26H,7-8,10-11H2,1H3,(H2,25,28)(H,27,31)(H,29,30)/t13?,19-,20-/m1/s1. The Kier molecular flexibility index (Phi) is 5.99. The number of aryl methyl sites for hydroxylation is 1. The average molecular weight is 423 g/mol. The molecule has 0 saturated heterocycles. The SMILES string of the molecule is CC(NC(=O)[C@H]1C=C(c2ccc(F)cc2)CCN1)C(=O)N[C@@H]1CCc2nc(N)ccc21. The van der Waals surface area contributed by atoms with Crippen LogP contribution in [0.5, 0.6) is 0 Å². The zero-order valence-corrected chi connectivity index (χ0v) is 17.3. The zero-order valence-electron chi connectivity index (χ0n) is 17.3. The third-order valence-corrected chi connectivity index (χ3v) is 5.77. The van der Waals surface area contributed by atoms with Gasteiger partial charge in [0.05, 0.1) is 6.04 Å². The van der Waals surface area contributed by atoms with Gasteiger partial charge in [0.25, 0.3) is 0 Å². The van der Waals surface area contributed by atoms with Crippen molar-refractivity contribution in [1.82, 2.24) is 20.9 Å². The van der Waals surface area contributed by atoms with Crippen LogP contribution in [0.4, 0.5) is 10.2 Å². The number of aromatic nitrogens is 1. The number of amides is 2. The molecular formula is C23H26FN5O2. The number of halogens is 1. The van der Waals surface area contributed by atoms with Crippen molar-refractivity contribution in [3.05, 3.63) is 65.1 Å². The number of pyridine rings is 1. The maximum absolute atomic E-state index is 13.2. The minimum Gasteiger partial charge on any atom is -0.384 e. The first-order chi connectivity index (χ1) is 14.9. The van der Waals surface area contributed by atoms with Crippen LogP contribution >= 0.6 is 0 Å². The Hall–Kier alpha value is -3.26. The molecular weight excluding hydrogens is 397 g/mol. The molecule has 2 amide bonds. The van der Waals surface area contributed by atoms with Crippen LogP contribution in [0.3, 0.4) is 0 Å². The molecule has 5 N–H and O–H groups in total. The molecule has 1 aliphatic heterocycles. The summed E-state index contributed by atoms with van der Waals surface area (Å²) in [6.07, 6.45) is 4.09. The fourth-order valence-electron chi connectivity index (χ4n) is 4.08. The highest BCUT2D eigenvalue weighted by Crippen LogP contribution is 2.30. The van der Waals surface area contributed by atoms with Gasteiger partial charge in [-0.25, -0.2) is 9.37 Å². The van der Waals surface area contributed by atoms with E-state index in [4.69, 9.17) is 5.73 Å². The summed E-state index contributed by atoms with van der Waals surface area (Å²) in [6.45, 7) is 2.29. The normalized spacial score (nSPS) is 21.0. The summed E-state index contributed by atoms with van der Waals surface area (Å²) in [5, 5.41) is 8.93. The second-order valence-corrected chi connectivity index (χ2v) is 7.98.